The number of halogens is 1. The van der Waals surface area contributed by atoms with Gasteiger partial charge < -0.3 is 5.32 Å². The fourth-order valence-electron chi connectivity index (χ4n) is 2.41. The van der Waals surface area contributed by atoms with Crippen LogP contribution in [0.1, 0.15) is 24.8 Å². The molecule has 0 spiro atoms. The van der Waals surface area contributed by atoms with Crippen LogP contribution in [0.15, 0.2) is 23.1 Å². The highest BCUT2D eigenvalue weighted by Gasteiger charge is 2.18. The van der Waals surface area contributed by atoms with Crippen molar-refractivity contribution in [2.24, 2.45) is 5.92 Å². The van der Waals surface area contributed by atoms with Gasteiger partial charge in [0.15, 0.2) is 0 Å². The van der Waals surface area contributed by atoms with Crippen LogP contribution in [0.4, 0.5) is 4.39 Å². The van der Waals surface area contributed by atoms with Crippen molar-refractivity contribution < 1.29 is 12.8 Å². The van der Waals surface area contributed by atoms with Crippen molar-refractivity contribution in [3.63, 3.8) is 0 Å². The average molecular weight is 311 g/mol. The SMILES string of the molecule is N#Cc1cc(S(=O)(=O)NCC[C@@H]2CCCNC2)ccc1F. The third-order valence-corrected chi connectivity index (χ3v) is 5.07. The van der Waals surface area contributed by atoms with E-state index in [1.807, 2.05) is 0 Å². The number of piperidine rings is 1. The van der Waals surface area contributed by atoms with E-state index in [0.717, 1.165) is 44.5 Å². The molecule has 1 atom stereocenters. The van der Waals surface area contributed by atoms with Crippen molar-refractivity contribution in [2.45, 2.75) is 24.2 Å². The van der Waals surface area contributed by atoms with Crippen LogP contribution in [0.5, 0.6) is 0 Å². The number of benzene rings is 1. The Morgan fingerprint density at radius 1 is 1.48 bits per heavy atom. The van der Waals surface area contributed by atoms with Gasteiger partial charge in [-0.15, -0.1) is 0 Å². The van der Waals surface area contributed by atoms with Crippen LogP contribution >= 0.6 is 0 Å². The lowest BCUT2D eigenvalue weighted by atomic mass is 9.96. The monoisotopic (exact) mass is 311 g/mol. The molecule has 1 aromatic carbocycles. The molecule has 21 heavy (non-hydrogen) atoms. The molecule has 0 aromatic heterocycles. The molecule has 0 aliphatic carbocycles. The zero-order chi connectivity index (χ0) is 15.3. The van der Waals surface area contributed by atoms with Gasteiger partial charge in [-0.2, -0.15) is 5.26 Å². The van der Waals surface area contributed by atoms with E-state index in [1.165, 1.54) is 6.07 Å². The van der Waals surface area contributed by atoms with Crippen LogP contribution < -0.4 is 10.0 Å². The molecule has 1 aliphatic heterocycles. The van der Waals surface area contributed by atoms with Crippen molar-refractivity contribution in [2.75, 3.05) is 19.6 Å². The zero-order valence-corrected chi connectivity index (χ0v) is 12.4. The second-order valence-electron chi connectivity index (χ2n) is 5.15. The number of hydrogen-bond acceptors (Lipinski definition) is 4. The number of nitriles is 1. The van der Waals surface area contributed by atoms with Gasteiger partial charge in [-0.3, -0.25) is 0 Å². The predicted octanol–water partition coefficient (Wildman–Crippen LogP) is 1.37. The molecule has 2 rings (SSSR count). The first-order chi connectivity index (χ1) is 10.0. The van der Waals surface area contributed by atoms with Crippen molar-refractivity contribution >= 4 is 10.0 Å². The summed E-state index contributed by atoms with van der Waals surface area (Å²) < 4.78 is 39.9. The van der Waals surface area contributed by atoms with Gasteiger partial charge in [0, 0.05) is 6.54 Å². The van der Waals surface area contributed by atoms with Gasteiger partial charge in [-0.25, -0.2) is 17.5 Å². The minimum absolute atomic E-state index is 0.0813. The molecule has 1 fully saturated rings. The second-order valence-corrected chi connectivity index (χ2v) is 6.92. The van der Waals surface area contributed by atoms with E-state index in [1.54, 1.807) is 6.07 Å². The zero-order valence-electron chi connectivity index (χ0n) is 11.6. The third-order valence-electron chi connectivity index (χ3n) is 3.61. The Hall–Kier alpha value is -1.49. The summed E-state index contributed by atoms with van der Waals surface area (Å²) in [7, 11) is -3.70. The maximum atomic E-state index is 13.2. The number of sulfonamides is 1. The molecule has 7 heteroatoms. The van der Waals surface area contributed by atoms with Gasteiger partial charge in [0.2, 0.25) is 10.0 Å². The third kappa shape index (κ3) is 4.24. The van der Waals surface area contributed by atoms with Gasteiger partial charge >= 0.3 is 0 Å². The number of nitrogens with one attached hydrogen (secondary N) is 2. The highest BCUT2D eigenvalue weighted by molar-refractivity contribution is 7.89. The highest BCUT2D eigenvalue weighted by Crippen LogP contribution is 2.16. The van der Waals surface area contributed by atoms with Gasteiger partial charge in [-0.1, -0.05) is 0 Å². The molecule has 0 radical (unpaired) electrons. The lowest BCUT2D eigenvalue weighted by Crippen LogP contribution is -2.33. The summed E-state index contributed by atoms with van der Waals surface area (Å²) in [5.74, 6) is -0.242. The molecule has 1 heterocycles. The average Bonchev–Trinajstić information content (AvgIpc) is 2.48. The first kappa shape index (κ1) is 15.9. The van der Waals surface area contributed by atoms with E-state index in [9.17, 15) is 12.8 Å². The first-order valence-corrected chi connectivity index (χ1v) is 8.41. The van der Waals surface area contributed by atoms with E-state index < -0.39 is 15.8 Å². The van der Waals surface area contributed by atoms with Crippen molar-refractivity contribution in [1.82, 2.24) is 10.0 Å². The second kappa shape index (κ2) is 6.98. The summed E-state index contributed by atoms with van der Waals surface area (Å²) in [4.78, 5) is -0.0813. The summed E-state index contributed by atoms with van der Waals surface area (Å²) in [6.07, 6.45) is 2.98. The minimum atomic E-state index is -3.70. The fourth-order valence-corrected chi connectivity index (χ4v) is 3.48. The van der Waals surface area contributed by atoms with Crippen LogP contribution in [-0.4, -0.2) is 28.1 Å². The van der Waals surface area contributed by atoms with Gasteiger partial charge in [0.05, 0.1) is 10.5 Å². The van der Waals surface area contributed by atoms with Crippen molar-refractivity contribution in [3.05, 3.63) is 29.6 Å². The molecule has 1 saturated heterocycles. The van der Waals surface area contributed by atoms with Crippen LogP contribution in [0, 0.1) is 23.1 Å². The van der Waals surface area contributed by atoms with Crippen LogP contribution in [-0.2, 0) is 10.0 Å². The number of rotatable bonds is 5. The standard InChI is InChI=1S/C14H18FN3O2S/c15-14-4-3-13(8-12(14)9-16)21(19,20)18-7-5-11-2-1-6-17-10-11/h3-4,8,11,17-18H,1-2,5-7,10H2/t11-/m0/s1. The quantitative estimate of drug-likeness (QED) is 0.860. The highest BCUT2D eigenvalue weighted by atomic mass is 32.2. The van der Waals surface area contributed by atoms with Gasteiger partial charge in [-0.05, 0) is 56.5 Å². The predicted molar refractivity (Wildman–Crippen MR) is 76.5 cm³/mol. The number of nitrogens with zero attached hydrogens (tertiary/aromatic N) is 1. The Balaban J connectivity index is 1.96. The topological polar surface area (TPSA) is 82.0 Å². The molecule has 0 unspecified atom stereocenters. The maximum Gasteiger partial charge on any atom is 0.240 e. The molecule has 5 nitrogen and oxygen atoms in total. The fraction of sp³-hybridized carbons (Fsp3) is 0.500. The molecule has 2 N–H and O–H groups in total. The maximum absolute atomic E-state index is 13.2. The molecular weight excluding hydrogens is 293 g/mol. The van der Waals surface area contributed by atoms with Crippen molar-refractivity contribution in [1.29, 1.82) is 5.26 Å². The van der Waals surface area contributed by atoms with Crippen molar-refractivity contribution in [3.8, 4) is 6.07 Å². The van der Waals surface area contributed by atoms with E-state index >= 15 is 0 Å². The van der Waals surface area contributed by atoms with Crippen LogP contribution in [0.25, 0.3) is 0 Å². The van der Waals surface area contributed by atoms with Crippen LogP contribution in [0.2, 0.25) is 0 Å². The van der Waals surface area contributed by atoms with Crippen LogP contribution in [0.3, 0.4) is 0 Å². The summed E-state index contributed by atoms with van der Waals surface area (Å²) >= 11 is 0. The smallest absolute Gasteiger partial charge is 0.240 e. The Labute approximate surface area is 124 Å². The Kier molecular flexibility index (Phi) is 5.28. The summed E-state index contributed by atoms with van der Waals surface area (Å²) in [5, 5.41) is 12.0. The van der Waals surface area contributed by atoms with E-state index in [-0.39, 0.29) is 10.5 Å². The number of hydrogen-bond donors (Lipinski definition) is 2. The Morgan fingerprint density at radius 3 is 2.95 bits per heavy atom. The summed E-state index contributed by atoms with van der Waals surface area (Å²) in [6, 6.07) is 4.86. The van der Waals surface area contributed by atoms with Gasteiger partial charge in [0.1, 0.15) is 11.9 Å². The molecule has 0 bridgehead atoms. The summed E-state index contributed by atoms with van der Waals surface area (Å²) in [5.41, 5.74) is -0.269. The summed E-state index contributed by atoms with van der Waals surface area (Å²) in [6.45, 7) is 2.28. The molecule has 1 aromatic rings. The Morgan fingerprint density at radius 2 is 2.29 bits per heavy atom. The normalized spacial score (nSPS) is 19.1. The molecular formula is C14H18FN3O2S. The lowest BCUT2D eigenvalue weighted by molar-refractivity contribution is 0.358. The van der Waals surface area contributed by atoms with E-state index in [0.29, 0.717) is 12.5 Å². The van der Waals surface area contributed by atoms with Gasteiger partial charge in [0.25, 0.3) is 0 Å². The molecule has 0 saturated carbocycles. The molecule has 114 valence electrons. The molecule has 0 amide bonds. The Bertz CT molecular complexity index is 634. The van der Waals surface area contributed by atoms with E-state index in [4.69, 9.17) is 5.26 Å². The minimum Gasteiger partial charge on any atom is -0.316 e. The largest absolute Gasteiger partial charge is 0.316 e. The first-order valence-electron chi connectivity index (χ1n) is 6.93. The van der Waals surface area contributed by atoms with E-state index in [2.05, 4.69) is 10.0 Å². The lowest BCUT2D eigenvalue weighted by Gasteiger charge is -2.22. The molecule has 1 aliphatic rings.